The molecular formula is C12H12N4O4S. The Hall–Kier alpha value is -2.68. The first-order valence-corrected chi connectivity index (χ1v) is 7.23. The quantitative estimate of drug-likeness (QED) is 0.713. The first-order chi connectivity index (χ1) is 9.78. The normalized spacial score (nSPS) is 11.1. The van der Waals surface area contributed by atoms with Crippen molar-refractivity contribution in [1.82, 2.24) is 9.97 Å². The Morgan fingerprint density at radius 1 is 1.24 bits per heavy atom. The third-order valence-corrected chi connectivity index (χ3v) is 3.83. The minimum Gasteiger partial charge on any atom is -0.477 e. The number of hydrogen-bond donors (Lipinski definition) is 3. The van der Waals surface area contributed by atoms with Gasteiger partial charge in [-0.2, -0.15) is 0 Å². The maximum Gasteiger partial charge on any atom is 0.354 e. The third-order valence-electron chi connectivity index (χ3n) is 2.49. The minimum atomic E-state index is -3.91. The lowest BCUT2D eigenvalue weighted by Gasteiger charge is -2.08. The molecule has 4 N–H and O–H groups in total. The van der Waals surface area contributed by atoms with Crippen LogP contribution in [0.25, 0.3) is 0 Å². The molecule has 2 rings (SSSR count). The minimum absolute atomic E-state index is 0.0290. The predicted octanol–water partition coefficient (Wildman–Crippen LogP) is 0.866. The molecule has 21 heavy (non-hydrogen) atoms. The molecule has 0 aliphatic carbocycles. The van der Waals surface area contributed by atoms with Crippen LogP contribution in [0, 0.1) is 6.92 Å². The summed E-state index contributed by atoms with van der Waals surface area (Å²) >= 11 is 0. The lowest BCUT2D eigenvalue weighted by Crippen LogP contribution is -2.16. The fourth-order valence-corrected chi connectivity index (χ4v) is 2.49. The Kier molecular flexibility index (Phi) is 3.76. The molecule has 0 atom stereocenters. The number of carbonyl (C=O) groups is 1. The second kappa shape index (κ2) is 5.37. The number of aromatic nitrogens is 2. The molecule has 1 aromatic carbocycles. The van der Waals surface area contributed by atoms with Crippen molar-refractivity contribution in [1.29, 1.82) is 0 Å². The zero-order valence-electron chi connectivity index (χ0n) is 10.9. The Labute approximate surface area is 120 Å². The number of aromatic carboxylic acids is 1. The van der Waals surface area contributed by atoms with Crippen LogP contribution in [-0.2, 0) is 10.0 Å². The number of hydrogen-bond acceptors (Lipinski definition) is 6. The molecule has 0 saturated heterocycles. The van der Waals surface area contributed by atoms with Crippen molar-refractivity contribution in [3.05, 3.63) is 41.7 Å². The van der Waals surface area contributed by atoms with Crippen LogP contribution in [0.15, 0.2) is 35.2 Å². The zero-order chi connectivity index (χ0) is 15.6. The number of carboxylic acids is 1. The van der Waals surface area contributed by atoms with Gasteiger partial charge in [0, 0.05) is 11.4 Å². The number of benzene rings is 1. The molecule has 0 spiro atoms. The van der Waals surface area contributed by atoms with E-state index in [1.165, 1.54) is 37.3 Å². The summed E-state index contributed by atoms with van der Waals surface area (Å²) in [6, 6.07) is 6.77. The van der Waals surface area contributed by atoms with E-state index in [1.807, 2.05) is 0 Å². The van der Waals surface area contributed by atoms with Gasteiger partial charge < -0.3 is 10.8 Å². The van der Waals surface area contributed by atoms with Gasteiger partial charge in [0.25, 0.3) is 10.0 Å². The molecule has 2 aromatic rings. The lowest BCUT2D eigenvalue weighted by atomic mass is 10.3. The van der Waals surface area contributed by atoms with E-state index in [2.05, 4.69) is 14.7 Å². The highest BCUT2D eigenvalue weighted by molar-refractivity contribution is 7.92. The van der Waals surface area contributed by atoms with Crippen LogP contribution in [0.1, 0.15) is 16.2 Å². The topological polar surface area (TPSA) is 135 Å². The molecule has 0 unspecified atom stereocenters. The molecule has 8 nitrogen and oxygen atoms in total. The largest absolute Gasteiger partial charge is 0.477 e. The van der Waals surface area contributed by atoms with Crippen LogP contribution in [0.5, 0.6) is 0 Å². The highest BCUT2D eigenvalue weighted by Crippen LogP contribution is 2.15. The van der Waals surface area contributed by atoms with Crippen LogP contribution in [0.4, 0.5) is 11.6 Å². The zero-order valence-corrected chi connectivity index (χ0v) is 11.8. The van der Waals surface area contributed by atoms with E-state index in [9.17, 15) is 13.2 Å². The Balaban J connectivity index is 2.36. The molecule has 0 aliphatic rings. The van der Waals surface area contributed by atoms with Crippen LogP contribution < -0.4 is 10.5 Å². The number of sulfonamides is 1. The van der Waals surface area contributed by atoms with Crippen LogP contribution in [0.3, 0.4) is 0 Å². The van der Waals surface area contributed by atoms with E-state index in [4.69, 9.17) is 10.8 Å². The molecule has 0 saturated carbocycles. The van der Waals surface area contributed by atoms with Crippen molar-refractivity contribution in [2.75, 3.05) is 10.5 Å². The van der Waals surface area contributed by atoms with Gasteiger partial charge in [-0.15, -0.1) is 0 Å². The van der Waals surface area contributed by atoms with Crippen LogP contribution in [-0.4, -0.2) is 29.5 Å². The van der Waals surface area contributed by atoms with E-state index >= 15 is 0 Å². The molecule has 1 heterocycles. The number of nitrogens with one attached hydrogen (secondary N) is 1. The van der Waals surface area contributed by atoms with Gasteiger partial charge in [0.2, 0.25) is 5.95 Å². The fourth-order valence-electron chi connectivity index (χ4n) is 1.55. The standard InChI is InChI=1S/C12H12N4O4S/c1-7-6-10(11(17)18)15-12(14-7)16-21(19,20)9-4-2-8(13)3-5-9/h2-6H,13H2,1H3,(H,17,18)(H,14,15,16). The second-order valence-electron chi connectivity index (χ2n) is 4.20. The van der Waals surface area contributed by atoms with Crippen LogP contribution >= 0.6 is 0 Å². The molecule has 9 heteroatoms. The average Bonchev–Trinajstić information content (AvgIpc) is 2.37. The second-order valence-corrected chi connectivity index (χ2v) is 5.88. The maximum absolute atomic E-state index is 12.1. The van der Waals surface area contributed by atoms with Gasteiger partial charge in [-0.3, -0.25) is 0 Å². The Morgan fingerprint density at radius 3 is 2.43 bits per heavy atom. The van der Waals surface area contributed by atoms with Gasteiger partial charge in [0.05, 0.1) is 4.90 Å². The van der Waals surface area contributed by atoms with Crippen molar-refractivity contribution >= 4 is 27.6 Å². The van der Waals surface area contributed by atoms with Crippen LogP contribution in [0.2, 0.25) is 0 Å². The number of nitrogen functional groups attached to an aromatic ring is 1. The van der Waals surface area contributed by atoms with Crippen molar-refractivity contribution in [2.45, 2.75) is 11.8 Å². The number of nitrogens with zero attached hydrogens (tertiary/aromatic N) is 2. The molecule has 0 amide bonds. The first-order valence-electron chi connectivity index (χ1n) is 5.75. The number of carboxylic acid groups (broad SMARTS) is 1. The van der Waals surface area contributed by atoms with Gasteiger partial charge in [-0.1, -0.05) is 0 Å². The number of rotatable bonds is 4. The summed E-state index contributed by atoms with van der Waals surface area (Å²) in [7, 11) is -3.91. The number of nitrogens with two attached hydrogens (primary N) is 1. The summed E-state index contributed by atoms with van der Waals surface area (Å²) in [5.74, 6) is -1.57. The summed E-state index contributed by atoms with van der Waals surface area (Å²) in [5.41, 5.74) is 5.95. The Morgan fingerprint density at radius 2 is 1.86 bits per heavy atom. The third kappa shape index (κ3) is 3.45. The lowest BCUT2D eigenvalue weighted by molar-refractivity contribution is 0.0690. The smallest absolute Gasteiger partial charge is 0.354 e. The Bertz CT molecular complexity index is 787. The highest BCUT2D eigenvalue weighted by atomic mass is 32.2. The molecule has 1 aromatic heterocycles. The van der Waals surface area contributed by atoms with Crippen molar-refractivity contribution < 1.29 is 18.3 Å². The molecule has 110 valence electrons. The van der Waals surface area contributed by atoms with Gasteiger partial charge in [-0.25, -0.2) is 27.9 Å². The maximum atomic E-state index is 12.1. The monoisotopic (exact) mass is 308 g/mol. The molecular weight excluding hydrogens is 296 g/mol. The average molecular weight is 308 g/mol. The summed E-state index contributed by atoms with van der Waals surface area (Å²) < 4.78 is 26.4. The SMILES string of the molecule is Cc1cc(C(=O)O)nc(NS(=O)(=O)c2ccc(N)cc2)n1. The molecule has 0 radical (unpaired) electrons. The van der Waals surface area contributed by atoms with Crippen molar-refractivity contribution in [3.63, 3.8) is 0 Å². The van der Waals surface area contributed by atoms with E-state index in [0.717, 1.165) is 0 Å². The van der Waals surface area contributed by atoms with Gasteiger partial charge in [0.15, 0.2) is 5.69 Å². The van der Waals surface area contributed by atoms with E-state index in [0.29, 0.717) is 11.4 Å². The highest BCUT2D eigenvalue weighted by Gasteiger charge is 2.17. The van der Waals surface area contributed by atoms with Crippen molar-refractivity contribution in [3.8, 4) is 0 Å². The molecule has 0 aliphatic heterocycles. The number of anilines is 2. The molecule has 0 bridgehead atoms. The summed E-state index contributed by atoms with van der Waals surface area (Å²) in [6.45, 7) is 1.54. The van der Waals surface area contributed by atoms with E-state index in [1.54, 1.807) is 0 Å². The molecule has 0 fully saturated rings. The van der Waals surface area contributed by atoms with Gasteiger partial charge in [-0.05, 0) is 37.3 Å². The summed E-state index contributed by atoms with van der Waals surface area (Å²) in [4.78, 5) is 18.4. The summed E-state index contributed by atoms with van der Waals surface area (Å²) in [6.07, 6.45) is 0. The number of aryl methyl sites for hydroxylation is 1. The van der Waals surface area contributed by atoms with Gasteiger partial charge in [0.1, 0.15) is 0 Å². The predicted molar refractivity (Wildman–Crippen MR) is 75.4 cm³/mol. The summed E-state index contributed by atoms with van der Waals surface area (Å²) in [5, 5.41) is 8.90. The fraction of sp³-hybridized carbons (Fsp3) is 0.0833. The van der Waals surface area contributed by atoms with Crippen molar-refractivity contribution in [2.24, 2.45) is 0 Å². The first kappa shape index (κ1) is 14.7. The van der Waals surface area contributed by atoms with E-state index < -0.39 is 16.0 Å². The van der Waals surface area contributed by atoms with E-state index in [-0.39, 0.29) is 16.5 Å². The van der Waals surface area contributed by atoms with Gasteiger partial charge >= 0.3 is 5.97 Å².